The van der Waals surface area contributed by atoms with Crippen LogP contribution in [-0.4, -0.2) is 25.7 Å². The summed E-state index contributed by atoms with van der Waals surface area (Å²) < 4.78 is 49.4. The van der Waals surface area contributed by atoms with Crippen LogP contribution in [0.4, 0.5) is 13.2 Å². The Bertz CT molecular complexity index is 762. The second kappa shape index (κ2) is 9.30. The molecule has 0 aliphatic carbocycles. The van der Waals surface area contributed by atoms with Gasteiger partial charge in [0.15, 0.2) is 0 Å². The molecule has 1 amide bonds. The van der Waals surface area contributed by atoms with Gasteiger partial charge in [-0.25, -0.2) is 0 Å². The van der Waals surface area contributed by atoms with Crippen molar-refractivity contribution in [3.63, 3.8) is 0 Å². The number of amides is 1. The quantitative estimate of drug-likeness (QED) is 0.744. The molecule has 0 saturated carbocycles. The summed E-state index contributed by atoms with van der Waals surface area (Å²) in [6.45, 7) is 1.62. The van der Waals surface area contributed by atoms with E-state index in [1.807, 2.05) is 24.3 Å². The molecule has 2 rings (SSSR count). The average Bonchev–Trinajstić information content (AvgIpc) is 2.64. The van der Waals surface area contributed by atoms with Crippen molar-refractivity contribution in [2.75, 3.05) is 13.7 Å². The van der Waals surface area contributed by atoms with Gasteiger partial charge in [-0.05, 0) is 37.1 Å². The van der Waals surface area contributed by atoms with Gasteiger partial charge in [0.1, 0.15) is 18.1 Å². The summed E-state index contributed by atoms with van der Waals surface area (Å²) >= 11 is 0. The van der Waals surface area contributed by atoms with E-state index < -0.39 is 17.8 Å². The van der Waals surface area contributed by atoms with Gasteiger partial charge in [0, 0.05) is 6.42 Å². The molecule has 146 valence electrons. The van der Waals surface area contributed by atoms with Gasteiger partial charge < -0.3 is 14.8 Å². The van der Waals surface area contributed by atoms with E-state index in [2.05, 4.69) is 5.32 Å². The number of carbonyl (C=O) groups is 1. The lowest BCUT2D eigenvalue weighted by Gasteiger charge is -2.18. The predicted molar refractivity (Wildman–Crippen MR) is 95.9 cm³/mol. The average molecular weight is 381 g/mol. The highest BCUT2D eigenvalue weighted by Crippen LogP contribution is 2.35. The fourth-order valence-corrected chi connectivity index (χ4v) is 2.59. The minimum Gasteiger partial charge on any atom is -0.496 e. The molecule has 1 N–H and O–H groups in total. The maximum atomic E-state index is 12.9. The van der Waals surface area contributed by atoms with Crippen molar-refractivity contribution in [1.29, 1.82) is 0 Å². The summed E-state index contributed by atoms with van der Waals surface area (Å²) in [5.41, 5.74) is 0.0813. The van der Waals surface area contributed by atoms with Crippen molar-refractivity contribution < 1.29 is 27.4 Å². The summed E-state index contributed by atoms with van der Waals surface area (Å²) in [6.07, 6.45) is -3.75. The number of alkyl halides is 3. The van der Waals surface area contributed by atoms with Crippen molar-refractivity contribution in [3.8, 4) is 11.5 Å². The van der Waals surface area contributed by atoms with Crippen LogP contribution in [0.5, 0.6) is 11.5 Å². The topological polar surface area (TPSA) is 47.6 Å². The summed E-state index contributed by atoms with van der Waals surface area (Å²) in [6, 6.07) is 12.0. The molecular weight excluding hydrogens is 359 g/mol. The van der Waals surface area contributed by atoms with Gasteiger partial charge in [-0.3, -0.25) is 4.79 Å². The second-order valence-corrected chi connectivity index (χ2v) is 6.09. The molecule has 27 heavy (non-hydrogen) atoms. The minimum absolute atomic E-state index is 0.0620. The van der Waals surface area contributed by atoms with E-state index in [1.54, 1.807) is 14.0 Å². The van der Waals surface area contributed by atoms with Crippen LogP contribution >= 0.6 is 0 Å². The van der Waals surface area contributed by atoms with Crippen LogP contribution in [0.15, 0.2) is 48.5 Å². The highest BCUT2D eigenvalue weighted by molar-refractivity contribution is 5.76. The van der Waals surface area contributed by atoms with Gasteiger partial charge in [0.05, 0.1) is 18.7 Å². The molecule has 7 heteroatoms. The number of halogens is 3. The number of carbonyl (C=O) groups excluding carboxylic acids is 1. The zero-order valence-corrected chi connectivity index (χ0v) is 15.2. The van der Waals surface area contributed by atoms with Crippen LogP contribution in [-0.2, 0) is 17.4 Å². The lowest BCUT2D eigenvalue weighted by Crippen LogP contribution is -2.37. The third kappa shape index (κ3) is 6.20. The van der Waals surface area contributed by atoms with Gasteiger partial charge in [-0.2, -0.15) is 13.2 Å². The lowest BCUT2D eigenvalue weighted by molar-refractivity contribution is -0.139. The largest absolute Gasteiger partial charge is 0.496 e. The van der Waals surface area contributed by atoms with Crippen molar-refractivity contribution in [1.82, 2.24) is 5.32 Å². The Labute approximate surface area is 156 Å². The number of hydrogen-bond donors (Lipinski definition) is 1. The predicted octanol–water partition coefficient (Wildman–Crippen LogP) is 4.23. The Morgan fingerprint density at radius 2 is 1.70 bits per heavy atom. The van der Waals surface area contributed by atoms with Crippen LogP contribution in [0.3, 0.4) is 0 Å². The Morgan fingerprint density at radius 1 is 1.07 bits per heavy atom. The first-order valence-corrected chi connectivity index (χ1v) is 8.51. The number of aryl methyl sites for hydroxylation is 1. The highest BCUT2D eigenvalue weighted by Gasteiger charge is 2.34. The Kier molecular flexibility index (Phi) is 7.10. The number of nitrogens with one attached hydrogen (secondary N) is 1. The van der Waals surface area contributed by atoms with Crippen molar-refractivity contribution in [2.45, 2.75) is 32.0 Å². The third-order valence-corrected chi connectivity index (χ3v) is 3.90. The Balaban J connectivity index is 1.84. The van der Waals surface area contributed by atoms with Gasteiger partial charge in [0.25, 0.3) is 0 Å². The fraction of sp³-hybridized carbons (Fsp3) is 0.350. The number of para-hydroxylation sites is 2. The van der Waals surface area contributed by atoms with Crippen molar-refractivity contribution in [2.24, 2.45) is 0 Å². The van der Waals surface area contributed by atoms with E-state index in [0.717, 1.165) is 11.6 Å². The van der Waals surface area contributed by atoms with E-state index >= 15 is 0 Å². The minimum atomic E-state index is -4.49. The van der Waals surface area contributed by atoms with Crippen molar-refractivity contribution >= 4 is 5.91 Å². The van der Waals surface area contributed by atoms with E-state index in [1.165, 1.54) is 18.2 Å². The molecule has 1 unspecified atom stereocenters. The Hall–Kier alpha value is -2.70. The van der Waals surface area contributed by atoms with E-state index in [-0.39, 0.29) is 24.7 Å². The summed E-state index contributed by atoms with van der Waals surface area (Å²) in [5.74, 6) is 0.256. The standard InChI is InChI=1S/C20H22F3NO3/c1-14(13-27-18-10-6-4-8-16(18)20(21,22)23)24-19(25)12-11-15-7-3-5-9-17(15)26-2/h3-10,14H,11-13H2,1-2H3,(H,24,25). The molecule has 0 aliphatic heterocycles. The first-order valence-electron chi connectivity index (χ1n) is 8.51. The maximum absolute atomic E-state index is 12.9. The number of hydrogen-bond acceptors (Lipinski definition) is 3. The summed E-state index contributed by atoms with van der Waals surface area (Å²) in [4.78, 5) is 12.1. The number of ether oxygens (including phenoxy) is 2. The van der Waals surface area contributed by atoms with E-state index in [0.29, 0.717) is 12.2 Å². The van der Waals surface area contributed by atoms with Gasteiger partial charge in [-0.15, -0.1) is 0 Å². The van der Waals surface area contributed by atoms with Crippen LogP contribution in [0.2, 0.25) is 0 Å². The lowest BCUT2D eigenvalue weighted by atomic mass is 10.1. The smallest absolute Gasteiger partial charge is 0.419 e. The molecule has 2 aromatic carbocycles. The molecular formula is C20H22F3NO3. The highest BCUT2D eigenvalue weighted by atomic mass is 19.4. The molecule has 0 bridgehead atoms. The normalized spacial score (nSPS) is 12.3. The third-order valence-electron chi connectivity index (χ3n) is 3.90. The fourth-order valence-electron chi connectivity index (χ4n) is 2.59. The second-order valence-electron chi connectivity index (χ2n) is 6.09. The molecule has 0 heterocycles. The molecule has 0 spiro atoms. The SMILES string of the molecule is COc1ccccc1CCC(=O)NC(C)COc1ccccc1C(F)(F)F. The van der Waals surface area contributed by atoms with Crippen LogP contribution in [0.25, 0.3) is 0 Å². The summed E-state index contributed by atoms with van der Waals surface area (Å²) in [5, 5.41) is 2.73. The molecule has 0 radical (unpaired) electrons. The molecule has 1 atom stereocenters. The summed E-state index contributed by atoms with van der Waals surface area (Å²) in [7, 11) is 1.57. The molecule has 0 saturated heterocycles. The van der Waals surface area contributed by atoms with Crippen LogP contribution < -0.4 is 14.8 Å². The zero-order chi connectivity index (χ0) is 19.9. The molecule has 0 aliphatic rings. The monoisotopic (exact) mass is 381 g/mol. The molecule has 0 fully saturated rings. The zero-order valence-electron chi connectivity index (χ0n) is 15.2. The maximum Gasteiger partial charge on any atom is 0.419 e. The first kappa shape index (κ1) is 20.6. The first-order chi connectivity index (χ1) is 12.8. The van der Waals surface area contributed by atoms with Gasteiger partial charge in [-0.1, -0.05) is 30.3 Å². The molecule has 4 nitrogen and oxygen atoms in total. The number of rotatable bonds is 8. The van der Waals surface area contributed by atoms with Crippen molar-refractivity contribution in [3.05, 3.63) is 59.7 Å². The van der Waals surface area contributed by atoms with Gasteiger partial charge >= 0.3 is 6.18 Å². The molecule has 0 aromatic heterocycles. The molecule has 2 aromatic rings. The number of methoxy groups -OCH3 is 1. The van der Waals surface area contributed by atoms with E-state index in [4.69, 9.17) is 9.47 Å². The van der Waals surface area contributed by atoms with Crippen LogP contribution in [0, 0.1) is 0 Å². The van der Waals surface area contributed by atoms with Gasteiger partial charge in [0.2, 0.25) is 5.91 Å². The van der Waals surface area contributed by atoms with E-state index in [9.17, 15) is 18.0 Å². The Morgan fingerprint density at radius 3 is 2.37 bits per heavy atom. The van der Waals surface area contributed by atoms with Crippen LogP contribution in [0.1, 0.15) is 24.5 Å². The number of benzene rings is 2.